The third-order valence-corrected chi connectivity index (χ3v) is 8.32. The van der Waals surface area contributed by atoms with Crippen molar-refractivity contribution in [1.82, 2.24) is 0 Å². The standard InChI is InChI=1S/C25H42O6/c1-6-25(4,5)24(29)31-21-10-14(2)9-19-20(27)11-15(3)18(23(19)21)8-7-17-12-16(26)13-22(28)30-17/h14-21,23,26-27H,6-13H2,1-5H3/t14-,15?,16+,17?,18-,19?,20?,21-,23+/m0/s1. The van der Waals surface area contributed by atoms with Crippen LogP contribution >= 0.6 is 0 Å². The fraction of sp³-hybridized carbons (Fsp3) is 0.920. The smallest absolute Gasteiger partial charge is 0.311 e. The normalized spacial score (nSPS) is 41.3. The number of fused-ring (bicyclic) bond motifs is 1. The zero-order chi connectivity index (χ0) is 22.9. The molecule has 2 aliphatic carbocycles. The molecule has 31 heavy (non-hydrogen) atoms. The number of carbonyl (C=O) groups is 2. The molecule has 0 aromatic rings. The molecular weight excluding hydrogens is 396 g/mol. The van der Waals surface area contributed by atoms with E-state index in [0.29, 0.717) is 30.6 Å². The first-order valence-corrected chi connectivity index (χ1v) is 12.3. The Kier molecular flexibility index (Phi) is 7.73. The van der Waals surface area contributed by atoms with Crippen LogP contribution in [0.4, 0.5) is 0 Å². The Morgan fingerprint density at radius 1 is 1.13 bits per heavy atom. The van der Waals surface area contributed by atoms with Crippen molar-refractivity contribution in [2.75, 3.05) is 0 Å². The van der Waals surface area contributed by atoms with Gasteiger partial charge in [-0.1, -0.05) is 20.8 Å². The predicted molar refractivity (Wildman–Crippen MR) is 117 cm³/mol. The molecule has 0 amide bonds. The minimum atomic E-state index is -0.620. The molecule has 6 heteroatoms. The molecule has 3 aliphatic rings. The van der Waals surface area contributed by atoms with Crippen molar-refractivity contribution in [2.24, 2.45) is 35.0 Å². The maximum Gasteiger partial charge on any atom is 0.311 e. The van der Waals surface area contributed by atoms with Crippen LogP contribution < -0.4 is 0 Å². The summed E-state index contributed by atoms with van der Waals surface area (Å²) in [6.45, 7) is 10.2. The maximum atomic E-state index is 12.9. The van der Waals surface area contributed by atoms with Crippen LogP contribution in [-0.4, -0.2) is 46.6 Å². The molecule has 2 N–H and O–H groups in total. The number of esters is 2. The van der Waals surface area contributed by atoms with E-state index in [2.05, 4.69) is 13.8 Å². The molecule has 178 valence electrons. The highest BCUT2D eigenvalue weighted by molar-refractivity contribution is 5.76. The van der Waals surface area contributed by atoms with Gasteiger partial charge in [0, 0.05) is 12.3 Å². The largest absolute Gasteiger partial charge is 0.462 e. The second kappa shape index (κ2) is 9.78. The van der Waals surface area contributed by atoms with Crippen LogP contribution in [0.2, 0.25) is 0 Å². The van der Waals surface area contributed by atoms with Crippen molar-refractivity contribution >= 4 is 11.9 Å². The van der Waals surface area contributed by atoms with Gasteiger partial charge in [0.15, 0.2) is 0 Å². The van der Waals surface area contributed by atoms with Crippen molar-refractivity contribution < 1.29 is 29.3 Å². The minimum absolute atomic E-state index is 0.0797. The molecule has 2 saturated carbocycles. The first kappa shape index (κ1) is 24.5. The molecule has 0 radical (unpaired) electrons. The topological polar surface area (TPSA) is 93.1 Å². The number of hydrogen-bond donors (Lipinski definition) is 2. The van der Waals surface area contributed by atoms with E-state index in [-0.39, 0.29) is 48.5 Å². The highest BCUT2D eigenvalue weighted by Gasteiger charge is 2.51. The summed E-state index contributed by atoms with van der Waals surface area (Å²) in [5, 5.41) is 20.9. The SMILES string of the molecule is CCC(C)(C)C(=O)O[C@H]1C[C@@H](C)CC2C(O)CC(C)[C@H](CCC3C[C@@H](O)CC(=O)O3)[C@H]21. The van der Waals surface area contributed by atoms with Gasteiger partial charge in [-0.2, -0.15) is 0 Å². The number of ether oxygens (including phenoxy) is 2. The Bertz CT molecular complexity index is 646. The zero-order valence-corrected chi connectivity index (χ0v) is 19.9. The monoisotopic (exact) mass is 438 g/mol. The average Bonchev–Trinajstić information content (AvgIpc) is 2.67. The molecule has 0 bridgehead atoms. The van der Waals surface area contributed by atoms with E-state index >= 15 is 0 Å². The number of rotatable bonds is 6. The third-order valence-electron chi connectivity index (χ3n) is 8.32. The molecule has 1 heterocycles. The van der Waals surface area contributed by atoms with Gasteiger partial charge in [0.1, 0.15) is 12.2 Å². The number of aliphatic hydroxyl groups is 2. The fourth-order valence-electron chi connectivity index (χ4n) is 6.13. The van der Waals surface area contributed by atoms with Crippen LogP contribution in [0, 0.1) is 35.0 Å². The van der Waals surface area contributed by atoms with Crippen molar-refractivity contribution in [3.8, 4) is 0 Å². The lowest BCUT2D eigenvalue weighted by Gasteiger charge is -2.52. The van der Waals surface area contributed by atoms with Crippen molar-refractivity contribution in [3.05, 3.63) is 0 Å². The summed E-state index contributed by atoms with van der Waals surface area (Å²) >= 11 is 0. The zero-order valence-electron chi connectivity index (χ0n) is 19.9. The molecular formula is C25H42O6. The Morgan fingerprint density at radius 3 is 2.48 bits per heavy atom. The molecule has 0 aromatic heterocycles. The summed E-state index contributed by atoms with van der Waals surface area (Å²) < 4.78 is 11.6. The van der Waals surface area contributed by atoms with E-state index in [4.69, 9.17) is 9.47 Å². The van der Waals surface area contributed by atoms with Gasteiger partial charge in [-0.25, -0.2) is 0 Å². The first-order valence-electron chi connectivity index (χ1n) is 12.3. The van der Waals surface area contributed by atoms with E-state index in [1.165, 1.54) is 0 Å². The van der Waals surface area contributed by atoms with Crippen molar-refractivity contribution in [1.29, 1.82) is 0 Å². The molecule has 4 unspecified atom stereocenters. The third kappa shape index (κ3) is 5.62. The van der Waals surface area contributed by atoms with E-state index in [9.17, 15) is 19.8 Å². The lowest BCUT2D eigenvalue weighted by molar-refractivity contribution is -0.180. The first-order chi connectivity index (χ1) is 14.5. The molecule has 9 atom stereocenters. The Labute approximate surface area is 187 Å². The van der Waals surface area contributed by atoms with E-state index in [0.717, 1.165) is 32.1 Å². The second-order valence-electron chi connectivity index (χ2n) is 11.2. The Hall–Kier alpha value is -1.14. The molecule has 6 nitrogen and oxygen atoms in total. The quantitative estimate of drug-likeness (QED) is 0.612. The van der Waals surface area contributed by atoms with Gasteiger partial charge in [-0.15, -0.1) is 0 Å². The van der Waals surface area contributed by atoms with Crippen LogP contribution in [0.15, 0.2) is 0 Å². The predicted octanol–water partition coefficient (Wildman–Crippen LogP) is 3.86. The highest BCUT2D eigenvalue weighted by Crippen LogP contribution is 2.51. The van der Waals surface area contributed by atoms with Crippen molar-refractivity contribution in [3.63, 3.8) is 0 Å². The molecule has 3 rings (SSSR count). The fourth-order valence-corrected chi connectivity index (χ4v) is 6.13. The number of hydrogen-bond acceptors (Lipinski definition) is 6. The Morgan fingerprint density at radius 2 is 1.84 bits per heavy atom. The molecule has 3 fully saturated rings. The van der Waals surface area contributed by atoms with Gasteiger partial charge >= 0.3 is 11.9 Å². The summed E-state index contributed by atoms with van der Waals surface area (Å²) in [4.78, 5) is 24.7. The Balaban J connectivity index is 1.77. The van der Waals surface area contributed by atoms with Crippen LogP contribution in [-0.2, 0) is 19.1 Å². The average molecular weight is 439 g/mol. The van der Waals surface area contributed by atoms with E-state index in [1.807, 2.05) is 20.8 Å². The van der Waals surface area contributed by atoms with Crippen molar-refractivity contribution in [2.45, 2.75) is 110 Å². The second-order valence-corrected chi connectivity index (χ2v) is 11.2. The number of carbonyl (C=O) groups excluding carboxylic acids is 2. The summed E-state index contributed by atoms with van der Waals surface area (Å²) in [6, 6.07) is 0. The highest BCUT2D eigenvalue weighted by atomic mass is 16.6. The maximum absolute atomic E-state index is 12.9. The summed E-state index contributed by atoms with van der Waals surface area (Å²) in [5.74, 6) is 0.776. The van der Waals surface area contributed by atoms with Gasteiger partial charge in [-0.3, -0.25) is 9.59 Å². The van der Waals surface area contributed by atoms with Crippen LogP contribution in [0.1, 0.15) is 86.0 Å². The summed E-state index contributed by atoms with van der Waals surface area (Å²) in [5.41, 5.74) is -0.517. The summed E-state index contributed by atoms with van der Waals surface area (Å²) in [7, 11) is 0. The van der Waals surface area contributed by atoms with Gasteiger partial charge in [-0.05, 0) is 76.0 Å². The molecule has 0 aromatic carbocycles. The summed E-state index contributed by atoms with van der Waals surface area (Å²) in [6.07, 6.45) is 3.96. The number of aliphatic hydroxyl groups excluding tert-OH is 2. The lowest BCUT2D eigenvalue weighted by atomic mass is 9.57. The van der Waals surface area contributed by atoms with Gasteiger partial charge < -0.3 is 19.7 Å². The van der Waals surface area contributed by atoms with Crippen LogP contribution in [0.5, 0.6) is 0 Å². The van der Waals surface area contributed by atoms with Crippen LogP contribution in [0.25, 0.3) is 0 Å². The van der Waals surface area contributed by atoms with E-state index < -0.39 is 11.5 Å². The van der Waals surface area contributed by atoms with Gasteiger partial charge in [0.2, 0.25) is 0 Å². The molecule has 0 spiro atoms. The molecule has 1 saturated heterocycles. The molecule has 1 aliphatic heterocycles. The minimum Gasteiger partial charge on any atom is -0.462 e. The van der Waals surface area contributed by atoms with Crippen LogP contribution in [0.3, 0.4) is 0 Å². The van der Waals surface area contributed by atoms with Gasteiger partial charge in [0.05, 0.1) is 24.0 Å². The van der Waals surface area contributed by atoms with Gasteiger partial charge in [0.25, 0.3) is 0 Å². The lowest BCUT2D eigenvalue weighted by Crippen LogP contribution is -2.53. The number of cyclic esters (lactones) is 1. The van der Waals surface area contributed by atoms with E-state index in [1.54, 1.807) is 0 Å².